The zero-order valence-electron chi connectivity index (χ0n) is 19.9. The van der Waals surface area contributed by atoms with Crippen LogP contribution in [0.5, 0.6) is 0 Å². The zero-order chi connectivity index (χ0) is 28.4. The molecule has 212 valence electrons. The molecule has 2 aliphatic rings. The fourth-order valence-electron chi connectivity index (χ4n) is 3.75. The van der Waals surface area contributed by atoms with Gasteiger partial charge in [0.25, 0.3) is 0 Å². The molecule has 0 aromatic carbocycles. The molecule has 9 nitrogen and oxygen atoms in total. The van der Waals surface area contributed by atoms with Gasteiger partial charge in [0.15, 0.2) is 0 Å². The first-order chi connectivity index (χ1) is 17.7. The van der Waals surface area contributed by atoms with Crippen LogP contribution in [0.15, 0.2) is 36.1 Å². The number of carboxylic acid groups (broad SMARTS) is 2. The Morgan fingerprint density at radius 3 is 2.05 bits per heavy atom. The molecule has 0 unspecified atom stereocenters. The number of aromatic nitrogens is 2. The van der Waals surface area contributed by atoms with Crippen molar-refractivity contribution < 1.29 is 50.9 Å². The number of likely N-dealkylation sites (tertiary alicyclic amines) is 1. The molecular weight excluding hydrogens is 546 g/mol. The summed E-state index contributed by atoms with van der Waals surface area (Å²) in [6, 6.07) is 4.17. The number of piperidine rings is 1. The van der Waals surface area contributed by atoms with Gasteiger partial charge in [0.1, 0.15) is 5.01 Å². The molecule has 0 saturated carbocycles. The predicted octanol–water partition coefficient (Wildman–Crippen LogP) is 3.67. The smallest absolute Gasteiger partial charge is 0.475 e. The molecule has 2 aromatic rings. The Labute approximate surface area is 217 Å². The monoisotopic (exact) mass is 572 g/mol. The number of morpholine rings is 1. The van der Waals surface area contributed by atoms with Gasteiger partial charge in [-0.2, -0.15) is 26.3 Å². The number of alkyl halides is 6. The van der Waals surface area contributed by atoms with Gasteiger partial charge in [0.2, 0.25) is 0 Å². The Hall–Kier alpha value is -2.82. The average molecular weight is 573 g/mol. The van der Waals surface area contributed by atoms with Crippen molar-refractivity contribution in [3.63, 3.8) is 0 Å². The van der Waals surface area contributed by atoms with Crippen LogP contribution in [-0.4, -0.2) is 92.7 Å². The lowest BCUT2D eigenvalue weighted by Crippen LogP contribution is -2.56. The van der Waals surface area contributed by atoms with Gasteiger partial charge in [-0.3, -0.25) is 14.8 Å². The van der Waals surface area contributed by atoms with E-state index in [4.69, 9.17) is 24.5 Å². The summed E-state index contributed by atoms with van der Waals surface area (Å²) in [5.41, 5.74) is 1.34. The van der Waals surface area contributed by atoms with E-state index in [1.807, 2.05) is 24.7 Å². The van der Waals surface area contributed by atoms with Crippen molar-refractivity contribution in [3.05, 3.63) is 46.7 Å². The van der Waals surface area contributed by atoms with Crippen molar-refractivity contribution in [2.45, 2.75) is 43.9 Å². The molecule has 0 amide bonds. The van der Waals surface area contributed by atoms with Crippen molar-refractivity contribution in [2.24, 2.45) is 0 Å². The maximum atomic E-state index is 10.6. The van der Waals surface area contributed by atoms with Gasteiger partial charge >= 0.3 is 24.3 Å². The van der Waals surface area contributed by atoms with Crippen LogP contribution in [0, 0.1) is 0 Å². The van der Waals surface area contributed by atoms with Gasteiger partial charge in [-0.25, -0.2) is 14.6 Å². The quantitative estimate of drug-likeness (QED) is 0.530. The van der Waals surface area contributed by atoms with E-state index in [1.54, 1.807) is 11.3 Å². The van der Waals surface area contributed by atoms with Crippen LogP contribution < -0.4 is 0 Å². The first-order valence-corrected chi connectivity index (χ1v) is 12.0. The van der Waals surface area contributed by atoms with Gasteiger partial charge < -0.3 is 14.9 Å². The summed E-state index contributed by atoms with van der Waals surface area (Å²) in [7, 11) is 0. The van der Waals surface area contributed by atoms with E-state index in [-0.39, 0.29) is 5.60 Å². The number of pyridine rings is 1. The lowest BCUT2D eigenvalue weighted by atomic mass is 9.89. The number of nitrogens with zero attached hydrogens (tertiary/aromatic N) is 4. The minimum atomic E-state index is -5.08. The Bertz CT molecular complexity index is 976. The summed E-state index contributed by atoms with van der Waals surface area (Å²) >= 11 is 1.75. The van der Waals surface area contributed by atoms with Crippen molar-refractivity contribution in [3.8, 4) is 0 Å². The molecule has 2 aliphatic heterocycles. The zero-order valence-corrected chi connectivity index (χ0v) is 20.7. The average Bonchev–Trinajstić information content (AvgIpc) is 3.34. The third-order valence-electron chi connectivity index (χ3n) is 5.55. The van der Waals surface area contributed by atoms with E-state index in [2.05, 4.69) is 31.2 Å². The second-order valence-corrected chi connectivity index (χ2v) is 9.39. The van der Waals surface area contributed by atoms with Gasteiger partial charge in [0, 0.05) is 56.7 Å². The van der Waals surface area contributed by atoms with E-state index < -0.39 is 24.3 Å². The van der Waals surface area contributed by atoms with Crippen LogP contribution in [0.4, 0.5) is 26.3 Å². The number of aliphatic carboxylic acids is 2. The SMILES string of the molecule is O=C(O)C(F)(F)F.O=C(O)C(F)(F)F.c1cncc(CN2CCC3(CC2)CN(Cc2nccs2)CCO3)c1. The maximum Gasteiger partial charge on any atom is 0.490 e. The molecule has 0 radical (unpaired) electrons. The largest absolute Gasteiger partial charge is 0.490 e. The number of hydrogen-bond donors (Lipinski definition) is 2. The summed E-state index contributed by atoms with van der Waals surface area (Å²) in [4.78, 5) is 31.5. The topological polar surface area (TPSA) is 116 Å². The Kier molecular flexibility index (Phi) is 11.4. The van der Waals surface area contributed by atoms with Crippen molar-refractivity contribution in [1.82, 2.24) is 19.8 Å². The fraction of sp³-hybridized carbons (Fsp3) is 0.545. The summed E-state index contributed by atoms with van der Waals surface area (Å²) in [6.45, 7) is 7.04. The van der Waals surface area contributed by atoms with Crippen LogP contribution in [0.3, 0.4) is 0 Å². The molecule has 38 heavy (non-hydrogen) atoms. The highest BCUT2D eigenvalue weighted by Gasteiger charge is 2.40. The minimum absolute atomic E-state index is 0.0426. The highest BCUT2D eigenvalue weighted by atomic mass is 32.1. The van der Waals surface area contributed by atoms with Gasteiger partial charge in [-0.05, 0) is 24.5 Å². The summed E-state index contributed by atoms with van der Waals surface area (Å²) in [6.07, 6.45) is -2.24. The maximum absolute atomic E-state index is 10.6. The third-order valence-corrected chi connectivity index (χ3v) is 6.32. The van der Waals surface area contributed by atoms with Gasteiger partial charge in [0.05, 0.1) is 18.8 Å². The van der Waals surface area contributed by atoms with Crippen molar-refractivity contribution in [2.75, 3.05) is 32.8 Å². The fourth-order valence-corrected chi connectivity index (χ4v) is 4.41. The standard InChI is InChI=1S/C18H24N4OS.2C2HF3O2/c1-2-16(12-19-5-1)13-21-7-3-18(4-8-21)15-22(9-10-23-18)14-17-20-6-11-24-17;2*3-2(4,5)1(6)7/h1-2,5-6,11-12H,3-4,7-10,13-15H2;2*(H,6,7). The third kappa shape index (κ3) is 10.9. The Morgan fingerprint density at radius 1 is 0.974 bits per heavy atom. The lowest BCUT2D eigenvalue weighted by molar-refractivity contribution is -0.193. The van der Waals surface area contributed by atoms with E-state index in [9.17, 15) is 26.3 Å². The molecule has 0 atom stereocenters. The van der Waals surface area contributed by atoms with Gasteiger partial charge in [-0.1, -0.05) is 6.07 Å². The number of halogens is 6. The van der Waals surface area contributed by atoms with E-state index in [0.29, 0.717) is 0 Å². The van der Waals surface area contributed by atoms with Crippen LogP contribution >= 0.6 is 11.3 Å². The number of ether oxygens (including phenoxy) is 1. The summed E-state index contributed by atoms with van der Waals surface area (Å²) < 4.78 is 69.7. The first kappa shape index (κ1) is 31.4. The molecule has 4 rings (SSSR count). The van der Waals surface area contributed by atoms with Crippen LogP contribution in [-0.2, 0) is 27.4 Å². The van der Waals surface area contributed by atoms with Crippen LogP contribution in [0.25, 0.3) is 0 Å². The molecular formula is C22H26F6N4O5S. The Balaban J connectivity index is 0.000000301. The molecule has 4 heterocycles. The molecule has 1 spiro atoms. The number of hydrogen-bond acceptors (Lipinski definition) is 8. The molecule has 0 bridgehead atoms. The summed E-state index contributed by atoms with van der Waals surface area (Å²) in [5, 5.41) is 17.5. The predicted molar refractivity (Wildman–Crippen MR) is 122 cm³/mol. The Morgan fingerprint density at radius 2 is 1.58 bits per heavy atom. The first-order valence-electron chi connectivity index (χ1n) is 11.2. The highest BCUT2D eigenvalue weighted by Crippen LogP contribution is 2.31. The normalized spacial score (nSPS) is 18.1. The molecule has 2 fully saturated rings. The van der Waals surface area contributed by atoms with E-state index >= 15 is 0 Å². The molecule has 16 heteroatoms. The number of rotatable bonds is 4. The van der Waals surface area contributed by atoms with Gasteiger partial charge in [-0.15, -0.1) is 11.3 Å². The number of thiazole rings is 1. The minimum Gasteiger partial charge on any atom is -0.475 e. The van der Waals surface area contributed by atoms with Crippen molar-refractivity contribution in [1.29, 1.82) is 0 Å². The lowest BCUT2D eigenvalue weighted by Gasteiger charge is -2.47. The second kappa shape index (κ2) is 13.8. The molecule has 2 aromatic heterocycles. The van der Waals surface area contributed by atoms with E-state index in [1.165, 1.54) is 10.6 Å². The van der Waals surface area contributed by atoms with Crippen molar-refractivity contribution >= 4 is 23.3 Å². The summed E-state index contributed by atoms with van der Waals surface area (Å²) in [5.74, 6) is -5.51. The molecule has 2 saturated heterocycles. The van der Waals surface area contributed by atoms with Crippen LogP contribution in [0.1, 0.15) is 23.4 Å². The molecule has 0 aliphatic carbocycles. The van der Waals surface area contributed by atoms with Crippen LogP contribution in [0.2, 0.25) is 0 Å². The molecule has 2 N–H and O–H groups in total. The highest BCUT2D eigenvalue weighted by molar-refractivity contribution is 7.09. The van der Waals surface area contributed by atoms with E-state index in [0.717, 1.165) is 58.7 Å². The number of carbonyl (C=O) groups is 2. The number of carboxylic acids is 2. The second-order valence-electron chi connectivity index (χ2n) is 8.41.